The highest BCUT2D eigenvalue weighted by atomic mass is 19.1. The molecule has 0 spiro atoms. The highest BCUT2D eigenvalue weighted by molar-refractivity contribution is 5.85. The highest BCUT2D eigenvalue weighted by Crippen LogP contribution is 2.32. The van der Waals surface area contributed by atoms with Gasteiger partial charge in [-0.15, -0.1) is 0 Å². The first-order valence-electron chi connectivity index (χ1n) is 14.0. The van der Waals surface area contributed by atoms with Crippen molar-refractivity contribution in [1.29, 1.82) is 0 Å². The first-order chi connectivity index (χ1) is 19.7. The summed E-state index contributed by atoms with van der Waals surface area (Å²) in [6.07, 6.45) is 4.80. The molecule has 8 nitrogen and oxygen atoms in total. The Labute approximate surface area is 238 Å². The standard InChI is InChI=1S/C30H36F3N7O/c31-24-2-1-23(26(32)17-24)20-40(19-22-4-10-37-28(35)16-22)25-5-11-39(12-6-25)29(41)30(33)7-13-38(14-8-30)18-21-3-9-36-27(34)15-21/h1-4,9-10,15-17,25H,5-8,11-14,18-20H2,(H2,34,36)(H2,35,37). The number of nitrogens with zero attached hydrogens (tertiary/aromatic N) is 5. The Bertz CT molecular complexity index is 1360. The van der Waals surface area contributed by atoms with Gasteiger partial charge in [0.05, 0.1) is 0 Å². The van der Waals surface area contributed by atoms with E-state index in [0.29, 0.717) is 69.3 Å². The minimum atomic E-state index is -1.88. The summed E-state index contributed by atoms with van der Waals surface area (Å²) in [7, 11) is 0. The molecule has 5 rings (SSSR count). The molecule has 2 saturated heterocycles. The molecular formula is C30H36F3N7O. The topological polar surface area (TPSA) is 105 Å². The number of hydrogen-bond donors (Lipinski definition) is 2. The molecule has 2 fully saturated rings. The number of benzene rings is 1. The number of carbonyl (C=O) groups is 1. The molecule has 0 radical (unpaired) electrons. The first kappa shape index (κ1) is 28.8. The fraction of sp³-hybridized carbons (Fsp3) is 0.433. The summed E-state index contributed by atoms with van der Waals surface area (Å²) in [5.41, 5.74) is 12.1. The smallest absolute Gasteiger partial charge is 0.260 e. The number of alkyl halides is 1. The van der Waals surface area contributed by atoms with E-state index >= 15 is 4.39 Å². The molecule has 0 unspecified atom stereocenters. The van der Waals surface area contributed by atoms with Crippen molar-refractivity contribution in [3.8, 4) is 0 Å². The lowest BCUT2D eigenvalue weighted by molar-refractivity contribution is -0.149. The van der Waals surface area contributed by atoms with Gasteiger partial charge in [-0.2, -0.15) is 0 Å². The monoisotopic (exact) mass is 567 g/mol. The number of piperidine rings is 2. The Kier molecular flexibility index (Phi) is 8.74. The van der Waals surface area contributed by atoms with Gasteiger partial charge in [-0.1, -0.05) is 6.07 Å². The molecule has 2 aliphatic rings. The quantitative estimate of drug-likeness (QED) is 0.425. The van der Waals surface area contributed by atoms with E-state index in [4.69, 9.17) is 11.5 Å². The van der Waals surface area contributed by atoms with E-state index in [-0.39, 0.29) is 25.4 Å². The van der Waals surface area contributed by atoms with Crippen molar-refractivity contribution in [2.75, 3.05) is 37.6 Å². The summed E-state index contributed by atoms with van der Waals surface area (Å²) in [5, 5.41) is 0. The maximum Gasteiger partial charge on any atom is 0.260 e. The maximum atomic E-state index is 15.9. The third kappa shape index (κ3) is 7.15. The van der Waals surface area contributed by atoms with E-state index in [1.54, 1.807) is 23.4 Å². The zero-order valence-corrected chi connectivity index (χ0v) is 23.0. The van der Waals surface area contributed by atoms with Gasteiger partial charge in [-0.05, 0) is 54.3 Å². The lowest BCUT2D eigenvalue weighted by Gasteiger charge is -2.42. The molecule has 4 N–H and O–H groups in total. The van der Waals surface area contributed by atoms with Crippen LogP contribution in [0.5, 0.6) is 0 Å². The molecular weight excluding hydrogens is 531 g/mol. The number of aromatic nitrogens is 2. The second-order valence-electron chi connectivity index (χ2n) is 11.1. The van der Waals surface area contributed by atoms with Crippen molar-refractivity contribution in [3.63, 3.8) is 0 Å². The molecule has 218 valence electrons. The number of likely N-dealkylation sites (tertiary alicyclic amines) is 2. The van der Waals surface area contributed by atoms with E-state index < -0.39 is 23.2 Å². The molecule has 41 heavy (non-hydrogen) atoms. The van der Waals surface area contributed by atoms with E-state index in [9.17, 15) is 13.6 Å². The summed E-state index contributed by atoms with van der Waals surface area (Å²) >= 11 is 0. The summed E-state index contributed by atoms with van der Waals surface area (Å²) in [4.78, 5) is 27.3. The van der Waals surface area contributed by atoms with Crippen molar-refractivity contribution in [3.05, 3.63) is 83.2 Å². The van der Waals surface area contributed by atoms with Gasteiger partial charge in [0.15, 0.2) is 5.67 Å². The Morgan fingerprint density at radius 1 is 0.902 bits per heavy atom. The van der Waals surface area contributed by atoms with Crippen LogP contribution in [0.1, 0.15) is 42.4 Å². The average molecular weight is 568 g/mol. The van der Waals surface area contributed by atoms with Gasteiger partial charge in [0.2, 0.25) is 0 Å². The van der Waals surface area contributed by atoms with Crippen molar-refractivity contribution < 1.29 is 18.0 Å². The predicted molar refractivity (Wildman–Crippen MR) is 151 cm³/mol. The van der Waals surface area contributed by atoms with Crippen LogP contribution in [-0.2, 0) is 24.4 Å². The number of pyridine rings is 2. The van der Waals surface area contributed by atoms with Gasteiger partial charge >= 0.3 is 0 Å². The van der Waals surface area contributed by atoms with Crippen LogP contribution in [0.2, 0.25) is 0 Å². The molecule has 0 saturated carbocycles. The van der Waals surface area contributed by atoms with Gasteiger partial charge in [-0.3, -0.25) is 14.6 Å². The third-order valence-corrected chi connectivity index (χ3v) is 8.17. The van der Waals surface area contributed by atoms with Gasteiger partial charge in [-0.25, -0.2) is 23.1 Å². The molecule has 2 aromatic heterocycles. The van der Waals surface area contributed by atoms with Crippen molar-refractivity contribution in [1.82, 2.24) is 24.7 Å². The maximum absolute atomic E-state index is 15.9. The van der Waals surface area contributed by atoms with Crippen molar-refractivity contribution in [2.24, 2.45) is 0 Å². The van der Waals surface area contributed by atoms with Crippen molar-refractivity contribution >= 4 is 17.5 Å². The van der Waals surface area contributed by atoms with Crippen LogP contribution in [0.25, 0.3) is 0 Å². The van der Waals surface area contributed by atoms with Crippen molar-refractivity contribution in [2.45, 2.75) is 57.0 Å². The number of anilines is 2. The molecule has 0 aliphatic carbocycles. The Morgan fingerprint density at radius 2 is 1.54 bits per heavy atom. The minimum Gasteiger partial charge on any atom is -0.384 e. The predicted octanol–water partition coefficient (Wildman–Crippen LogP) is 3.92. The number of nitrogens with two attached hydrogens (primary N) is 2. The fourth-order valence-electron chi connectivity index (χ4n) is 5.86. The Hall–Kier alpha value is -3.70. The number of nitrogen functional groups attached to an aromatic ring is 2. The van der Waals surface area contributed by atoms with Crippen LogP contribution in [-0.4, -0.2) is 68.5 Å². The van der Waals surface area contributed by atoms with Gasteiger partial charge in [0.25, 0.3) is 5.91 Å². The van der Waals surface area contributed by atoms with E-state index in [2.05, 4.69) is 19.8 Å². The fourth-order valence-corrected chi connectivity index (χ4v) is 5.86. The van der Waals surface area contributed by atoms with E-state index in [1.165, 1.54) is 12.1 Å². The number of halogens is 3. The lowest BCUT2D eigenvalue weighted by atomic mass is 9.90. The number of hydrogen-bond acceptors (Lipinski definition) is 7. The third-order valence-electron chi connectivity index (χ3n) is 8.17. The zero-order valence-electron chi connectivity index (χ0n) is 23.0. The van der Waals surface area contributed by atoms with Gasteiger partial charge < -0.3 is 16.4 Å². The van der Waals surface area contributed by atoms with Crippen LogP contribution < -0.4 is 11.5 Å². The van der Waals surface area contributed by atoms with E-state index in [1.807, 2.05) is 18.2 Å². The molecule has 2 aliphatic heterocycles. The van der Waals surface area contributed by atoms with Crippen LogP contribution in [0, 0.1) is 11.6 Å². The molecule has 0 atom stereocenters. The lowest BCUT2D eigenvalue weighted by Crippen LogP contribution is -2.55. The molecule has 11 heteroatoms. The normalized spacial score (nSPS) is 18.1. The largest absolute Gasteiger partial charge is 0.384 e. The summed E-state index contributed by atoms with van der Waals surface area (Å²) in [6, 6.07) is 10.9. The highest BCUT2D eigenvalue weighted by Gasteiger charge is 2.45. The Balaban J connectivity index is 1.20. The van der Waals surface area contributed by atoms with Crippen LogP contribution in [0.15, 0.2) is 54.9 Å². The van der Waals surface area contributed by atoms with Gasteiger partial charge in [0.1, 0.15) is 23.3 Å². The van der Waals surface area contributed by atoms with Gasteiger partial charge in [0, 0.05) is 88.7 Å². The minimum absolute atomic E-state index is 0.0168. The number of rotatable bonds is 8. The summed E-state index contributed by atoms with van der Waals surface area (Å²) < 4.78 is 44.0. The van der Waals surface area contributed by atoms with Crippen LogP contribution >= 0.6 is 0 Å². The summed E-state index contributed by atoms with van der Waals surface area (Å²) in [5.74, 6) is -0.833. The second-order valence-corrected chi connectivity index (χ2v) is 11.1. The van der Waals surface area contributed by atoms with E-state index in [0.717, 1.165) is 17.2 Å². The second kappa shape index (κ2) is 12.4. The molecule has 0 bridgehead atoms. The molecule has 4 heterocycles. The van der Waals surface area contributed by atoms with Crippen LogP contribution in [0.3, 0.4) is 0 Å². The SMILES string of the molecule is Nc1cc(CN2CCC(F)(C(=O)N3CCC(N(Cc4ccnc(N)c4)Cc4ccc(F)cc4F)CC3)CC2)ccn1. The molecule has 1 aromatic carbocycles. The molecule has 1 amide bonds. The average Bonchev–Trinajstić information content (AvgIpc) is 2.95. The summed E-state index contributed by atoms with van der Waals surface area (Å²) in [6.45, 7) is 3.16. The number of carbonyl (C=O) groups excluding carboxylic acids is 1. The molecule has 3 aromatic rings. The zero-order chi connectivity index (χ0) is 29.0. The number of amides is 1. The van der Waals surface area contributed by atoms with Crippen LogP contribution in [0.4, 0.5) is 24.8 Å². The first-order valence-corrected chi connectivity index (χ1v) is 14.0. The Morgan fingerprint density at radius 3 is 2.17 bits per heavy atom.